The van der Waals surface area contributed by atoms with Crippen molar-refractivity contribution in [3.05, 3.63) is 65.2 Å². The number of benzene rings is 2. The van der Waals surface area contributed by atoms with Gasteiger partial charge in [-0.3, -0.25) is 10.0 Å². The third-order valence-corrected chi connectivity index (χ3v) is 3.63. The van der Waals surface area contributed by atoms with Gasteiger partial charge in [0.1, 0.15) is 0 Å². The monoisotopic (exact) mass is 324 g/mol. The second-order valence-electron chi connectivity index (χ2n) is 5.20. The first-order chi connectivity index (χ1) is 11.7. The molecule has 0 radical (unpaired) electrons. The zero-order chi connectivity index (χ0) is 16.9. The van der Waals surface area contributed by atoms with Crippen molar-refractivity contribution < 1.29 is 10.0 Å². The first-order valence-corrected chi connectivity index (χ1v) is 7.30. The predicted octanol–water partition coefficient (Wildman–Crippen LogP) is 0.966. The number of hydrogen-bond donors (Lipinski definition) is 3. The lowest BCUT2D eigenvalue weighted by Gasteiger charge is -2.06. The second-order valence-corrected chi connectivity index (χ2v) is 5.20. The molecule has 0 saturated carbocycles. The van der Waals surface area contributed by atoms with Crippen LogP contribution in [0.3, 0.4) is 0 Å². The summed E-state index contributed by atoms with van der Waals surface area (Å²) in [5, 5.41) is 20.5. The lowest BCUT2D eigenvalue weighted by Crippen LogP contribution is -2.18. The minimum absolute atomic E-state index is 0.371. The van der Waals surface area contributed by atoms with E-state index in [1.807, 2.05) is 24.3 Å². The fourth-order valence-electron chi connectivity index (χ4n) is 2.31. The molecule has 0 unspecified atom stereocenters. The van der Waals surface area contributed by atoms with Crippen LogP contribution in [0.1, 0.15) is 21.5 Å². The van der Waals surface area contributed by atoms with Gasteiger partial charge < -0.3 is 5.73 Å². The molecule has 2 aromatic carbocycles. The van der Waals surface area contributed by atoms with Crippen molar-refractivity contribution >= 4 is 5.91 Å². The third-order valence-electron chi connectivity index (χ3n) is 3.63. The molecule has 0 aliphatic rings. The number of hydroxylamine groups is 1. The van der Waals surface area contributed by atoms with Crippen LogP contribution in [0.2, 0.25) is 0 Å². The molecule has 1 heterocycles. The standard InChI is InChI=1S/C16H16N6O2/c17-9-11-1-5-13(6-2-11)15-18-20-21-22(15)10-12-3-7-14(8-4-12)16(23)19-24/h1-8,24H,9-10,17H2,(H,19,23). The van der Waals surface area contributed by atoms with Gasteiger partial charge in [-0.15, -0.1) is 5.10 Å². The number of carbonyl (C=O) groups excluding carboxylic acids is 1. The summed E-state index contributed by atoms with van der Waals surface area (Å²) in [5.41, 5.74) is 10.4. The normalized spacial score (nSPS) is 10.6. The Bertz CT molecular complexity index is 827. The first kappa shape index (κ1) is 15.8. The zero-order valence-electron chi connectivity index (χ0n) is 12.8. The number of aromatic nitrogens is 4. The predicted molar refractivity (Wildman–Crippen MR) is 85.9 cm³/mol. The Morgan fingerprint density at radius 1 is 1.08 bits per heavy atom. The van der Waals surface area contributed by atoms with Crippen LogP contribution in [0.15, 0.2) is 48.5 Å². The number of rotatable bonds is 5. The topological polar surface area (TPSA) is 119 Å². The fraction of sp³-hybridized carbons (Fsp3) is 0.125. The van der Waals surface area contributed by atoms with Gasteiger partial charge in [-0.2, -0.15) is 0 Å². The highest BCUT2D eigenvalue weighted by molar-refractivity contribution is 5.93. The van der Waals surface area contributed by atoms with E-state index in [1.165, 1.54) is 0 Å². The van der Waals surface area contributed by atoms with Crippen molar-refractivity contribution in [3.63, 3.8) is 0 Å². The summed E-state index contributed by atoms with van der Waals surface area (Å²) in [4.78, 5) is 11.3. The summed E-state index contributed by atoms with van der Waals surface area (Å²) in [6.45, 7) is 0.945. The van der Waals surface area contributed by atoms with Gasteiger partial charge in [-0.25, -0.2) is 10.2 Å². The molecule has 8 heteroatoms. The van der Waals surface area contributed by atoms with E-state index in [9.17, 15) is 4.79 Å². The number of carbonyl (C=O) groups is 1. The molecule has 0 bridgehead atoms. The van der Waals surface area contributed by atoms with Gasteiger partial charge in [-0.1, -0.05) is 36.4 Å². The molecule has 4 N–H and O–H groups in total. The van der Waals surface area contributed by atoms with Crippen LogP contribution < -0.4 is 11.2 Å². The minimum Gasteiger partial charge on any atom is -0.326 e. The van der Waals surface area contributed by atoms with Crippen LogP contribution in [-0.4, -0.2) is 31.3 Å². The van der Waals surface area contributed by atoms with Crippen molar-refractivity contribution in [1.82, 2.24) is 25.7 Å². The Labute approximate surface area is 137 Å². The smallest absolute Gasteiger partial charge is 0.274 e. The number of nitrogens with one attached hydrogen (secondary N) is 1. The van der Waals surface area contributed by atoms with Crippen LogP contribution in [-0.2, 0) is 13.1 Å². The summed E-state index contributed by atoms with van der Waals surface area (Å²) >= 11 is 0. The number of nitrogens with zero attached hydrogens (tertiary/aromatic N) is 4. The Kier molecular flexibility index (Phi) is 4.59. The molecule has 24 heavy (non-hydrogen) atoms. The minimum atomic E-state index is -0.551. The molecule has 1 aromatic heterocycles. The van der Waals surface area contributed by atoms with Crippen LogP contribution in [0.25, 0.3) is 11.4 Å². The summed E-state index contributed by atoms with van der Waals surface area (Å²) in [7, 11) is 0. The van der Waals surface area contributed by atoms with Crippen LogP contribution >= 0.6 is 0 Å². The largest absolute Gasteiger partial charge is 0.326 e. The number of hydrogen-bond acceptors (Lipinski definition) is 6. The quantitative estimate of drug-likeness (QED) is 0.475. The van der Waals surface area contributed by atoms with Gasteiger partial charge in [0.2, 0.25) is 0 Å². The van der Waals surface area contributed by atoms with E-state index in [1.54, 1.807) is 34.4 Å². The summed E-state index contributed by atoms with van der Waals surface area (Å²) in [6.07, 6.45) is 0. The second kappa shape index (κ2) is 6.99. The Balaban J connectivity index is 1.81. The summed E-state index contributed by atoms with van der Waals surface area (Å²) in [6, 6.07) is 14.6. The molecular formula is C16H16N6O2. The lowest BCUT2D eigenvalue weighted by molar-refractivity contribution is 0.0706. The van der Waals surface area contributed by atoms with E-state index in [0.29, 0.717) is 24.5 Å². The van der Waals surface area contributed by atoms with Gasteiger partial charge >= 0.3 is 0 Å². The maximum Gasteiger partial charge on any atom is 0.274 e. The maximum atomic E-state index is 11.3. The fourth-order valence-corrected chi connectivity index (χ4v) is 2.31. The summed E-state index contributed by atoms with van der Waals surface area (Å²) in [5.74, 6) is 0.0976. The van der Waals surface area contributed by atoms with Gasteiger partial charge in [-0.05, 0) is 33.7 Å². The summed E-state index contributed by atoms with van der Waals surface area (Å²) < 4.78 is 1.68. The van der Waals surface area contributed by atoms with Crippen molar-refractivity contribution in [2.24, 2.45) is 5.73 Å². The van der Waals surface area contributed by atoms with E-state index in [0.717, 1.165) is 16.7 Å². The van der Waals surface area contributed by atoms with Crippen LogP contribution in [0, 0.1) is 0 Å². The number of nitrogens with two attached hydrogens (primary N) is 1. The van der Waals surface area contributed by atoms with Crippen LogP contribution in [0.5, 0.6) is 0 Å². The molecule has 3 rings (SSSR count). The van der Waals surface area contributed by atoms with Crippen molar-refractivity contribution in [2.45, 2.75) is 13.1 Å². The van der Waals surface area contributed by atoms with Gasteiger partial charge in [0.15, 0.2) is 5.82 Å². The molecule has 3 aromatic rings. The average molecular weight is 324 g/mol. The molecule has 122 valence electrons. The highest BCUT2D eigenvalue weighted by Crippen LogP contribution is 2.17. The van der Waals surface area contributed by atoms with E-state index in [-0.39, 0.29) is 0 Å². The number of amides is 1. The van der Waals surface area contributed by atoms with Crippen molar-refractivity contribution in [2.75, 3.05) is 0 Å². The molecule has 0 aliphatic carbocycles. The van der Waals surface area contributed by atoms with E-state index < -0.39 is 5.91 Å². The SMILES string of the molecule is NCc1ccc(-c2nnnn2Cc2ccc(C(=O)NO)cc2)cc1. The maximum absolute atomic E-state index is 11.3. The highest BCUT2D eigenvalue weighted by Gasteiger charge is 2.10. The zero-order valence-corrected chi connectivity index (χ0v) is 12.8. The van der Waals surface area contributed by atoms with E-state index in [2.05, 4.69) is 15.5 Å². The van der Waals surface area contributed by atoms with E-state index >= 15 is 0 Å². The molecular weight excluding hydrogens is 308 g/mol. The molecule has 8 nitrogen and oxygen atoms in total. The Hall–Kier alpha value is -3.10. The molecule has 0 saturated heterocycles. The van der Waals surface area contributed by atoms with Crippen molar-refractivity contribution in [3.8, 4) is 11.4 Å². The van der Waals surface area contributed by atoms with E-state index in [4.69, 9.17) is 10.9 Å². The van der Waals surface area contributed by atoms with Crippen LogP contribution in [0.4, 0.5) is 0 Å². The van der Waals surface area contributed by atoms with Gasteiger partial charge in [0.05, 0.1) is 6.54 Å². The molecule has 0 atom stereocenters. The molecule has 0 aliphatic heterocycles. The molecule has 0 fully saturated rings. The van der Waals surface area contributed by atoms with Gasteiger partial charge in [0, 0.05) is 17.7 Å². The Morgan fingerprint density at radius 2 is 1.75 bits per heavy atom. The number of tetrazole rings is 1. The average Bonchev–Trinajstić information content (AvgIpc) is 3.10. The molecule has 1 amide bonds. The Morgan fingerprint density at radius 3 is 2.38 bits per heavy atom. The third kappa shape index (κ3) is 3.29. The highest BCUT2D eigenvalue weighted by atomic mass is 16.5. The lowest BCUT2D eigenvalue weighted by atomic mass is 10.1. The van der Waals surface area contributed by atoms with Crippen molar-refractivity contribution in [1.29, 1.82) is 0 Å². The molecule has 0 spiro atoms. The van der Waals surface area contributed by atoms with Gasteiger partial charge in [0.25, 0.3) is 5.91 Å². The first-order valence-electron chi connectivity index (χ1n) is 7.30.